The smallest absolute Gasteiger partial charge is 0.383 e. The van der Waals surface area contributed by atoms with Crippen LogP contribution in [0.3, 0.4) is 0 Å². The molecule has 1 rings (SSSR count). The van der Waals surface area contributed by atoms with E-state index in [0.29, 0.717) is 10.2 Å². The number of hydrogen-bond donors (Lipinski definition) is 1. The van der Waals surface area contributed by atoms with E-state index in [9.17, 15) is 13.2 Å². The first-order chi connectivity index (χ1) is 8.82. The van der Waals surface area contributed by atoms with Crippen LogP contribution < -0.4 is 5.32 Å². The van der Waals surface area contributed by atoms with Gasteiger partial charge in [-0.3, -0.25) is 0 Å². The first-order valence-electron chi connectivity index (χ1n) is 6.47. The molecule has 1 aromatic carbocycles. The van der Waals surface area contributed by atoms with Crippen LogP contribution in [0, 0.1) is 0 Å². The Balaban J connectivity index is 2.70. The van der Waals surface area contributed by atoms with Crippen LogP contribution in [0.5, 0.6) is 0 Å². The fraction of sp³-hybridized carbons (Fsp3) is 0.571. The van der Waals surface area contributed by atoms with Gasteiger partial charge in [-0.05, 0) is 31.5 Å². The second-order valence-electron chi connectivity index (χ2n) is 4.77. The van der Waals surface area contributed by atoms with E-state index in [0.717, 1.165) is 37.8 Å². The monoisotopic (exact) mass is 337 g/mol. The summed E-state index contributed by atoms with van der Waals surface area (Å²) in [7, 11) is 0. The van der Waals surface area contributed by atoms with Crippen molar-refractivity contribution in [3.8, 4) is 0 Å². The van der Waals surface area contributed by atoms with E-state index in [-0.39, 0.29) is 6.04 Å². The molecule has 0 amide bonds. The molecule has 1 unspecified atom stereocenters. The van der Waals surface area contributed by atoms with Gasteiger partial charge in [-0.25, -0.2) is 0 Å². The van der Waals surface area contributed by atoms with Crippen molar-refractivity contribution in [2.45, 2.75) is 51.7 Å². The average molecular weight is 338 g/mol. The molecule has 0 spiro atoms. The molecule has 0 aliphatic rings. The Morgan fingerprint density at radius 3 is 2.47 bits per heavy atom. The van der Waals surface area contributed by atoms with Gasteiger partial charge in [0.2, 0.25) is 0 Å². The van der Waals surface area contributed by atoms with E-state index in [2.05, 4.69) is 28.2 Å². The summed E-state index contributed by atoms with van der Waals surface area (Å²) in [6, 6.07) is 4.08. The fourth-order valence-corrected chi connectivity index (χ4v) is 2.39. The summed E-state index contributed by atoms with van der Waals surface area (Å²) in [6.07, 6.45) is 0.0261. The standard InChI is InChI=1S/C14H19BrF3N/c1-3-4-5-6-10(2)19-13-8-11(14(16,17)18)7-12(15)9-13/h7-10,19H,3-6H2,1-2H3. The van der Waals surface area contributed by atoms with E-state index in [4.69, 9.17) is 0 Å². The predicted octanol–water partition coefficient (Wildman–Crippen LogP) is 5.85. The quantitative estimate of drug-likeness (QED) is 0.642. The largest absolute Gasteiger partial charge is 0.416 e. The summed E-state index contributed by atoms with van der Waals surface area (Å²) in [4.78, 5) is 0. The molecule has 5 heteroatoms. The van der Waals surface area contributed by atoms with Gasteiger partial charge in [-0.1, -0.05) is 42.1 Å². The topological polar surface area (TPSA) is 12.0 Å². The predicted molar refractivity (Wildman–Crippen MR) is 76.4 cm³/mol. The van der Waals surface area contributed by atoms with Crippen molar-refractivity contribution < 1.29 is 13.2 Å². The van der Waals surface area contributed by atoms with Crippen LogP contribution in [0.25, 0.3) is 0 Å². The molecule has 19 heavy (non-hydrogen) atoms. The Kier molecular flexibility index (Phi) is 6.17. The van der Waals surface area contributed by atoms with E-state index in [1.54, 1.807) is 6.07 Å². The fourth-order valence-electron chi connectivity index (χ4n) is 1.89. The van der Waals surface area contributed by atoms with E-state index >= 15 is 0 Å². The SMILES string of the molecule is CCCCCC(C)Nc1cc(Br)cc(C(F)(F)F)c1. The van der Waals surface area contributed by atoms with E-state index < -0.39 is 11.7 Å². The molecule has 0 heterocycles. The molecule has 1 N–H and O–H groups in total. The van der Waals surface area contributed by atoms with E-state index in [1.165, 1.54) is 0 Å². The number of nitrogens with one attached hydrogen (secondary N) is 1. The van der Waals surface area contributed by atoms with Gasteiger partial charge in [-0.15, -0.1) is 0 Å². The summed E-state index contributed by atoms with van der Waals surface area (Å²) < 4.78 is 38.5. The zero-order valence-corrected chi connectivity index (χ0v) is 12.7. The molecule has 108 valence electrons. The zero-order chi connectivity index (χ0) is 14.5. The Labute approximate surface area is 120 Å². The number of hydrogen-bond acceptors (Lipinski definition) is 1. The lowest BCUT2D eigenvalue weighted by Crippen LogP contribution is -2.15. The average Bonchev–Trinajstić information content (AvgIpc) is 2.27. The molecular weight excluding hydrogens is 319 g/mol. The second-order valence-corrected chi connectivity index (χ2v) is 5.68. The van der Waals surface area contributed by atoms with Gasteiger partial charge >= 0.3 is 6.18 Å². The van der Waals surface area contributed by atoms with Crippen LogP contribution in [0.4, 0.5) is 18.9 Å². The molecular formula is C14H19BrF3N. The molecule has 1 aromatic rings. The number of benzene rings is 1. The molecule has 1 nitrogen and oxygen atoms in total. The van der Waals surface area contributed by atoms with Crippen LogP contribution in [0.15, 0.2) is 22.7 Å². The van der Waals surface area contributed by atoms with Crippen molar-refractivity contribution in [1.29, 1.82) is 0 Å². The molecule has 0 radical (unpaired) electrons. The third kappa shape index (κ3) is 5.85. The van der Waals surface area contributed by atoms with Crippen LogP contribution in [0.2, 0.25) is 0 Å². The number of anilines is 1. The minimum absolute atomic E-state index is 0.168. The molecule has 0 fully saturated rings. The Morgan fingerprint density at radius 2 is 1.89 bits per heavy atom. The van der Waals surface area contributed by atoms with Crippen LogP contribution in [-0.4, -0.2) is 6.04 Å². The number of rotatable bonds is 6. The van der Waals surface area contributed by atoms with Gasteiger partial charge < -0.3 is 5.32 Å². The Hall–Kier alpha value is -0.710. The van der Waals surface area contributed by atoms with Crippen molar-refractivity contribution in [3.63, 3.8) is 0 Å². The minimum Gasteiger partial charge on any atom is -0.383 e. The highest BCUT2D eigenvalue weighted by atomic mass is 79.9. The van der Waals surface area contributed by atoms with Crippen LogP contribution >= 0.6 is 15.9 Å². The lowest BCUT2D eigenvalue weighted by atomic mass is 10.1. The van der Waals surface area contributed by atoms with Gasteiger partial charge in [0, 0.05) is 16.2 Å². The summed E-state index contributed by atoms with van der Waals surface area (Å²) >= 11 is 3.12. The maximum absolute atomic E-state index is 12.7. The van der Waals surface area contributed by atoms with Gasteiger partial charge in [-0.2, -0.15) is 13.2 Å². The molecule has 0 aliphatic carbocycles. The maximum Gasteiger partial charge on any atom is 0.416 e. The van der Waals surface area contributed by atoms with Crippen molar-refractivity contribution in [2.24, 2.45) is 0 Å². The number of unbranched alkanes of at least 4 members (excludes halogenated alkanes) is 2. The number of alkyl halides is 3. The van der Waals surface area contributed by atoms with Gasteiger partial charge in [0.1, 0.15) is 0 Å². The lowest BCUT2D eigenvalue weighted by Gasteiger charge is -2.17. The molecule has 1 atom stereocenters. The third-order valence-electron chi connectivity index (χ3n) is 2.88. The normalized spacial score (nSPS) is 13.4. The summed E-state index contributed by atoms with van der Waals surface area (Å²) in [5.41, 5.74) is -0.129. The molecule has 0 aromatic heterocycles. The molecule has 0 bridgehead atoms. The van der Waals surface area contributed by atoms with E-state index in [1.807, 2.05) is 6.92 Å². The molecule has 0 saturated carbocycles. The van der Waals surface area contributed by atoms with Crippen LogP contribution in [0.1, 0.15) is 45.1 Å². The van der Waals surface area contributed by atoms with Gasteiger partial charge in [0.15, 0.2) is 0 Å². The minimum atomic E-state index is -4.31. The Morgan fingerprint density at radius 1 is 1.21 bits per heavy atom. The van der Waals surface area contributed by atoms with Crippen molar-refractivity contribution in [1.82, 2.24) is 0 Å². The van der Waals surface area contributed by atoms with Crippen molar-refractivity contribution in [3.05, 3.63) is 28.2 Å². The number of halogens is 4. The summed E-state index contributed by atoms with van der Waals surface area (Å²) in [6.45, 7) is 4.12. The summed E-state index contributed by atoms with van der Waals surface area (Å²) in [5.74, 6) is 0. The van der Waals surface area contributed by atoms with Crippen molar-refractivity contribution in [2.75, 3.05) is 5.32 Å². The second kappa shape index (κ2) is 7.17. The maximum atomic E-state index is 12.7. The van der Waals surface area contributed by atoms with Crippen LogP contribution in [-0.2, 0) is 6.18 Å². The first kappa shape index (κ1) is 16.3. The van der Waals surface area contributed by atoms with Crippen molar-refractivity contribution >= 4 is 21.6 Å². The van der Waals surface area contributed by atoms with Gasteiger partial charge in [0.25, 0.3) is 0 Å². The zero-order valence-electron chi connectivity index (χ0n) is 11.1. The highest BCUT2D eigenvalue weighted by molar-refractivity contribution is 9.10. The molecule has 0 aliphatic heterocycles. The highest BCUT2D eigenvalue weighted by Crippen LogP contribution is 2.33. The summed E-state index contributed by atoms with van der Waals surface area (Å²) in [5, 5.41) is 3.12. The van der Waals surface area contributed by atoms with Gasteiger partial charge in [0.05, 0.1) is 5.56 Å². The third-order valence-corrected chi connectivity index (χ3v) is 3.34. The Bertz CT molecular complexity index is 404. The highest BCUT2D eigenvalue weighted by Gasteiger charge is 2.31. The lowest BCUT2D eigenvalue weighted by molar-refractivity contribution is -0.137. The first-order valence-corrected chi connectivity index (χ1v) is 7.26. The molecule has 0 saturated heterocycles.